The van der Waals surface area contributed by atoms with E-state index in [4.69, 9.17) is 16.7 Å². The number of aromatic carboxylic acids is 1. The molecular weight excluding hydrogens is 276 g/mol. The van der Waals surface area contributed by atoms with Gasteiger partial charge in [0.25, 0.3) is 0 Å². The van der Waals surface area contributed by atoms with Gasteiger partial charge in [0.05, 0.1) is 10.6 Å². The smallest absolute Gasteiger partial charge is 0.337 e. The first kappa shape index (κ1) is 15.1. The lowest BCUT2D eigenvalue weighted by Crippen LogP contribution is -2.33. The molecule has 0 saturated heterocycles. The van der Waals surface area contributed by atoms with Crippen molar-refractivity contribution in [2.75, 3.05) is 25.5 Å². The van der Waals surface area contributed by atoms with E-state index in [-0.39, 0.29) is 10.6 Å². The summed E-state index contributed by atoms with van der Waals surface area (Å²) in [5.41, 5.74) is 1.00. The lowest BCUT2D eigenvalue weighted by atomic mass is 10.2. The maximum atomic E-state index is 10.9. The van der Waals surface area contributed by atoms with Crippen LogP contribution < -0.4 is 5.32 Å². The molecule has 4 nitrogen and oxygen atoms in total. The normalized spacial score (nSPS) is 15.8. The summed E-state index contributed by atoms with van der Waals surface area (Å²) in [4.78, 5) is 13.3. The zero-order chi connectivity index (χ0) is 14.5. The Morgan fingerprint density at radius 2 is 2.15 bits per heavy atom. The second-order valence-electron chi connectivity index (χ2n) is 5.35. The number of benzene rings is 1. The van der Waals surface area contributed by atoms with E-state index in [0.29, 0.717) is 0 Å². The highest BCUT2D eigenvalue weighted by Crippen LogP contribution is 2.23. The van der Waals surface area contributed by atoms with Crippen molar-refractivity contribution in [3.8, 4) is 0 Å². The topological polar surface area (TPSA) is 52.6 Å². The number of nitrogens with one attached hydrogen (secondary N) is 1. The van der Waals surface area contributed by atoms with Gasteiger partial charge in [-0.25, -0.2) is 4.79 Å². The predicted octanol–water partition coefficient (Wildman–Crippen LogP) is 3.32. The zero-order valence-electron chi connectivity index (χ0n) is 11.7. The number of likely N-dealkylation sites (N-methyl/N-ethyl adjacent to an activating group) is 1. The van der Waals surface area contributed by atoms with Crippen molar-refractivity contribution in [1.82, 2.24) is 4.90 Å². The summed E-state index contributed by atoms with van der Waals surface area (Å²) in [6, 6.07) is 5.67. The number of carbonyl (C=O) groups is 1. The van der Waals surface area contributed by atoms with Gasteiger partial charge in [-0.05, 0) is 38.1 Å². The first-order valence-electron chi connectivity index (χ1n) is 7.05. The van der Waals surface area contributed by atoms with E-state index in [2.05, 4.69) is 17.3 Å². The molecule has 1 aromatic carbocycles. The van der Waals surface area contributed by atoms with Crippen LogP contribution in [-0.2, 0) is 0 Å². The van der Waals surface area contributed by atoms with Gasteiger partial charge in [-0.15, -0.1) is 0 Å². The fourth-order valence-corrected chi connectivity index (χ4v) is 2.96. The van der Waals surface area contributed by atoms with Crippen molar-refractivity contribution in [3.05, 3.63) is 28.8 Å². The molecule has 1 aliphatic carbocycles. The van der Waals surface area contributed by atoms with Crippen LogP contribution in [-0.4, -0.2) is 42.2 Å². The average molecular weight is 297 g/mol. The molecule has 0 amide bonds. The molecule has 0 aromatic heterocycles. The summed E-state index contributed by atoms with van der Waals surface area (Å²) in [5.74, 6) is -0.998. The molecule has 2 rings (SSSR count). The number of nitrogens with zero attached hydrogens (tertiary/aromatic N) is 1. The monoisotopic (exact) mass is 296 g/mol. The molecule has 110 valence electrons. The van der Waals surface area contributed by atoms with Crippen LogP contribution in [0.5, 0.6) is 0 Å². The molecule has 0 radical (unpaired) electrons. The van der Waals surface area contributed by atoms with Crippen LogP contribution in [0.3, 0.4) is 0 Å². The van der Waals surface area contributed by atoms with Gasteiger partial charge >= 0.3 is 5.97 Å². The maximum Gasteiger partial charge on any atom is 0.337 e. The lowest BCUT2D eigenvalue weighted by Gasteiger charge is -2.24. The number of hydrogen-bond acceptors (Lipinski definition) is 3. The molecule has 1 fully saturated rings. The Balaban J connectivity index is 1.82. The fourth-order valence-electron chi connectivity index (χ4n) is 2.70. The number of carboxylic acid groups (broad SMARTS) is 1. The van der Waals surface area contributed by atoms with Crippen LogP contribution in [0.15, 0.2) is 18.2 Å². The Hall–Kier alpha value is -1.26. The van der Waals surface area contributed by atoms with Crippen molar-refractivity contribution >= 4 is 23.3 Å². The van der Waals surface area contributed by atoms with E-state index in [1.54, 1.807) is 12.1 Å². The molecule has 20 heavy (non-hydrogen) atoms. The van der Waals surface area contributed by atoms with Crippen molar-refractivity contribution in [3.63, 3.8) is 0 Å². The SMILES string of the molecule is CN(CCNc1ccc(C(=O)O)c(Cl)c1)C1CCCC1. The van der Waals surface area contributed by atoms with Crippen LogP contribution in [0.2, 0.25) is 5.02 Å². The van der Waals surface area contributed by atoms with Crippen molar-refractivity contribution in [2.24, 2.45) is 0 Å². The number of carboxylic acids is 1. The van der Waals surface area contributed by atoms with E-state index in [0.717, 1.165) is 24.8 Å². The highest BCUT2D eigenvalue weighted by molar-refractivity contribution is 6.33. The summed E-state index contributed by atoms with van der Waals surface area (Å²) in [6.07, 6.45) is 5.29. The van der Waals surface area contributed by atoms with Gasteiger partial charge in [-0.1, -0.05) is 24.4 Å². The van der Waals surface area contributed by atoms with Crippen LogP contribution in [0.1, 0.15) is 36.0 Å². The molecule has 0 aliphatic heterocycles. The number of anilines is 1. The Bertz CT molecular complexity index is 473. The minimum atomic E-state index is -0.998. The average Bonchev–Trinajstić information content (AvgIpc) is 2.92. The van der Waals surface area contributed by atoms with Crippen molar-refractivity contribution in [1.29, 1.82) is 0 Å². The Morgan fingerprint density at radius 1 is 1.45 bits per heavy atom. The summed E-state index contributed by atoms with van der Waals surface area (Å²) in [6.45, 7) is 1.80. The molecule has 1 saturated carbocycles. The minimum absolute atomic E-state index is 0.139. The third-order valence-electron chi connectivity index (χ3n) is 3.94. The second kappa shape index (κ2) is 6.95. The van der Waals surface area contributed by atoms with Gasteiger partial charge in [0.15, 0.2) is 0 Å². The standard InChI is InChI=1S/C15H21ClN2O2/c1-18(12-4-2-3-5-12)9-8-17-11-6-7-13(15(19)20)14(16)10-11/h6-7,10,12,17H,2-5,8-9H2,1H3,(H,19,20). The van der Waals surface area contributed by atoms with Gasteiger partial charge in [-0.3, -0.25) is 0 Å². The molecule has 1 aromatic rings. The summed E-state index contributed by atoms with van der Waals surface area (Å²) < 4.78 is 0. The first-order chi connectivity index (χ1) is 9.58. The zero-order valence-corrected chi connectivity index (χ0v) is 12.5. The van der Waals surface area contributed by atoms with Crippen LogP contribution >= 0.6 is 11.6 Å². The molecule has 1 aliphatic rings. The fraction of sp³-hybridized carbons (Fsp3) is 0.533. The molecule has 5 heteroatoms. The van der Waals surface area contributed by atoms with Gasteiger partial charge in [0.1, 0.15) is 0 Å². The lowest BCUT2D eigenvalue weighted by molar-refractivity contribution is 0.0697. The van der Waals surface area contributed by atoms with Gasteiger partial charge in [-0.2, -0.15) is 0 Å². The summed E-state index contributed by atoms with van der Waals surface area (Å²) in [7, 11) is 2.16. The Labute approximate surface area is 124 Å². The van der Waals surface area contributed by atoms with Crippen molar-refractivity contribution in [2.45, 2.75) is 31.7 Å². The Morgan fingerprint density at radius 3 is 2.75 bits per heavy atom. The number of hydrogen-bond donors (Lipinski definition) is 2. The van der Waals surface area contributed by atoms with E-state index in [9.17, 15) is 4.79 Å². The van der Waals surface area contributed by atoms with Crippen LogP contribution in [0.25, 0.3) is 0 Å². The van der Waals surface area contributed by atoms with Gasteiger partial charge in [0, 0.05) is 24.8 Å². The van der Waals surface area contributed by atoms with Gasteiger partial charge < -0.3 is 15.3 Å². The van der Waals surface area contributed by atoms with Crippen LogP contribution in [0, 0.1) is 0 Å². The third kappa shape index (κ3) is 3.87. The predicted molar refractivity (Wildman–Crippen MR) is 81.8 cm³/mol. The maximum absolute atomic E-state index is 10.9. The molecular formula is C15H21ClN2O2. The highest BCUT2D eigenvalue weighted by atomic mass is 35.5. The van der Waals surface area contributed by atoms with E-state index in [1.165, 1.54) is 31.7 Å². The third-order valence-corrected chi connectivity index (χ3v) is 4.25. The molecule has 0 spiro atoms. The van der Waals surface area contributed by atoms with Crippen molar-refractivity contribution < 1.29 is 9.90 Å². The number of rotatable bonds is 6. The highest BCUT2D eigenvalue weighted by Gasteiger charge is 2.18. The van der Waals surface area contributed by atoms with Crippen LogP contribution in [0.4, 0.5) is 5.69 Å². The molecule has 0 bridgehead atoms. The molecule has 2 N–H and O–H groups in total. The van der Waals surface area contributed by atoms with E-state index in [1.807, 2.05) is 0 Å². The summed E-state index contributed by atoms with van der Waals surface area (Å²) >= 11 is 5.94. The Kier molecular flexibility index (Phi) is 5.26. The summed E-state index contributed by atoms with van der Waals surface area (Å²) in [5, 5.41) is 12.5. The second-order valence-corrected chi connectivity index (χ2v) is 5.75. The molecule has 0 heterocycles. The van der Waals surface area contributed by atoms with E-state index < -0.39 is 5.97 Å². The number of halogens is 1. The molecule has 0 atom stereocenters. The first-order valence-corrected chi connectivity index (χ1v) is 7.42. The minimum Gasteiger partial charge on any atom is -0.478 e. The molecule has 0 unspecified atom stereocenters. The van der Waals surface area contributed by atoms with Gasteiger partial charge in [0.2, 0.25) is 0 Å². The van der Waals surface area contributed by atoms with E-state index >= 15 is 0 Å². The largest absolute Gasteiger partial charge is 0.478 e. The quantitative estimate of drug-likeness (QED) is 0.845.